The number of ether oxygens (including phenoxy) is 3. The van der Waals surface area contributed by atoms with Crippen LogP contribution in [0.25, 0.3) is 10.9 Å². The van der Waals surface area contributed by atoms with Crippen LogP contribution < -0.4 is 20.1 Å². The number of nitrogens with one attached hydrogen (secondary N) is 2. The molecule has 0 aliphatic carbocycles. The first-order valence-corrected chi connectivity index (χ1v) is 12.5. The molecule has 0 fully saturated rings. The van der Waals surface area contributed by atoms with Gasteiger partial charge in [0.2, 0.25) is 0 Å². The SMILES string of the molecule is CCOC(=O)Cn1nc(C(F)(F)F)cc1NC(=O)Nc1cccc(Sc2ncnc3cc(OC)c(OC)cc23)c1. The highest BCUT2D eigenvalue weighted by molar-refractivity contribution is 7.99. The van der Waals surface area contributed by atoms with Crippen molar-refractivity contribution in [3.8, 4) is 11.5 Å². The van der Waals surface area contributed by atoms with Gasteiger partial charge in [-0.1, -0.05) is 17.8 Å². The molecule has 0 saturated carbocycles. The predicted molar refractivity (Wildman–Crippen MR) is 140 cm³/mol. The number of methoxy groups -OCH3 is 2. The minimum absolute atomic E-state index is 0.0381. The molecule has 2 N–H and O–H groups in total. The topological polar surface area (TPSA) is 129 Å². The lowest BCUT2D eigenvalue weighted by Gasteiger charge is -2.12. The van der Waals surface area contributed by atoms with Crippen molar-refractivity contribution >= 4 is 46.2 Å². The molecule has 11 nitrogen and oxygen atoms in total. The van der Waals surface area contributed by atoms with Crippen molar-refractivity contribution in [2.45, 2.75) is 29.6 Å². The molecular weight excluding hydrogens is 553 g/mol. The fourth-order valence-corrected chi connectivity index (χ4v) is 4.50. The Morgan fingerprint density at radius 2 is 1.77 bits per heavy atom. The number of halogens is 3. The van der Waals surface area contributed by atoms with Crippen molar-refractivity contribution in [3.05, 3.63) is 54.5 Å². The highest BCUT2D eigenvalue weighted by Crippen LogP contribution is 2.37. The molecule has 0 unspecified atom stereocenters. The smallest absolute Gasteiger partial charge is 0.435 e. The van der Waals surface area contributed by atoms with Crippen molar-refractivity contribution in [1.82, 2.24) is 19.7 Å². The molecule has 2 heterocycles. The zero-order valence-corrected chi connectivity index (χ0v) is 22.2. The zero-order chi connectivity index (χ0) is 28.9. The number of carbonyl (C=O) groups is 2. The molecule has 0 saturated heterocycles. The van der Waals surface area contributed by atoms with Crippen LogP contribution in [0, 0.1) is 0 Å². The average molecular weight is 577 g/mol. The normalized spacial score (nSPS) is 11.2. The van der Waals surface area contributed by atoms with Crippen molar-refractivity contribution in [3.63, 3.8) is 0 Å². The standard InChI is InChI=1S/C25H23F3N6O5S/c1-4-39-22(35)12-34-21(11-20(33-34)25(26,27)28)32-24(36)31-14-6-5-7-15(8-14)40-23-16-9-18(37-2)19(38-3)10-17(16)29-13-30-23/h5-11,13H,4,12H2,1-3H3,(H2,31,32,36). The molecule has 0 radical (unpaired) electrons. The number of benzene rings is 2. The van der Waals surface area contributed by atoms with Crippen LogP contribution in [0.3, 0.4) is 0 Å². The van der Waals surface area contributed by atoms with Gasteiger partial charge in [-0.05, 0) is 31.2 Å². The summed E-state index contributed by atoms with van der Waals surface area (Å²) >= 11 is 1.31. The molecule has 15 heteroatoms. The third-order valence-electron chi connectivity index (χ3n) is 5.31. The third-order valence-corrected chi connectivity index (χ3v) is 6.32. The first kappa shape index (κ1) is 28.5. The second kappa shape index (κ2) is 12.1. The molecular formula is C25H23F3N6O5S. The van der Waals surface area contributed by atoms with E-state index in [1.54, 1.807) is 43.3 Å². The van der Waals surface area contributed by atoms with Crippen LogP contribution >= 0.6 is 11.8 Å². The van der Waals surface area contributed by atoms with E-state index in [4.69, 9.17) is 14.2 Å². The summed E-state index contributed by atoms with van der Waals surface area (Å²) in [5.41, 5.74) is -0.272. The predicted octanol–water partition coefficient (Wildman–Crippen LogP) is 5.22. The summed E-state index contributed by atoms with van der Waals surface area (Å²) < 4.78 is 55.8. The number of aromatic nitrogens is 4. The van der Waals surface area contributed by atoms with Crippen molar-refractivity contribution in [2.75, 3.05) is 31.5 Å². The van der Waals surface area contributed by atoms with Gasteiger partial charge in [0.05, 0.1) is 26.3 Å². The maximum absolute atomic E-state index is 13.2. The summed E-state index contributed by atoms with van der Waals surface area (Å²) in [6, 6.07) is 10.0. The summed E-state index contributed by atoms with van der Waals surface area (Å²) in [4.78, 5) is 33.8. The molecule has 4 aromatic rings. The number of carbonyl (C=O) groups excluding carboxylic acids is 2. The van der Waals surface area contributed by atoms with E-state index in [2.05, 4.69) is 25.7 Å². The van der Waals surface area contributed by atoms with Gasteiger partial charge in [-0.3, -0.25) is 10.1 Å². The lowest BCUT2D eigenvalue weighted by Crippen LogP contribution is -2.23. The number of rotatable bonds is 9. The lowest BCUT2D eigenvalue weighted by atomic mass is 10.2. The molecule has 0 aliphatic heterocycles. The number of alkyl halides is 3. The molecule has 0 atom stereocenters. The van der Waals surface area contributed by atoms with Gasteiger partial charge in [0, 0.05) is 28.1 Å². The summed E-state index contributed by atoms with van der Waals surface area (Å²) in [5, 5.41) is 9.60. The molecule has 0 bridgehead atoms. The van der Waals surface area contributed by atoms with E-state index in [0.29, 0.717) is 38.7 Å². The van der Waals surface area contributed by atoms with E-state index < -0.39 is 30.4 Å². The summed E-state index contributed by atoms with van der Waals surface area (Å²) in [6.45, 7) is 0.980. The van der Waals surface area contributed by atoms with Crippen LogP contribution in [0.15, 0.2) is 58.7 Å². The molecule has 210 valence electrons. The van der Waals surface area contributed by atoms with Gasteiger partial charge in [-0.25, -0.2) is 19.4 Å². The van der Waals surface area contributed by atoms with Gasteiger partial charge in [0.15, 0.2) is 17.2 Å². The Bertz CT molecular complexity index is 1550. The molecule has 0 aliphatic rings. The second-order valence-electron chi connectivity index (χ2n) is 7.99. The second-order valence-corrected chi connectivity index (χ2v) is 9.05. The van der Waals surface area contributed by atoms with Crippen molar-refractivity contribution in [1.29, 1.82) is 0 Å². The first-order valence-electron chi connectivity index (χ1n) is 11.6. The monoisotopic (exact) mass is 576 g/mol. The van der Waals surface area contributed by atoms with Crippen LogP contribution in [-0.4, -0.2) is 52.6 Å². The van der Waals surface area contributed by atoms with E-state index >= 15 is 0 Å². The maximum atomic E-state index is 13.2. The number of anilines is 2. The van der Waals surface area contributed by atoms with Crippen LogP contribution in [0.1, 0.15) is 12.6 Å². The van der Waals surface area contributed by atoms with Gasteiger partial charge in [0.25, 0.3) is 0 Å². The minimum Gasteiger partial charge on any atom is -0.493 e. The molecule has 4 rings (SSSR count). The van der Waals surface area contributed by atoms with Crippen LogP contribution in [-0.2, 0) is 22.3 Å². The zero-order valence-electron chi connectivity index (χ0n) is 21.4. The number of amides is 2. The van der Waals surface area contributed by atoms with E-state index in [9.17, 15) is 22.8 Å². The molecule has 2 amide bonds. The fraction of sp³-hybridized carbons (Fsp3) is 0.240. The summed E-state index contributed by atoms with van der Waals surface area (Å²) in [7, 11) is 3.05. The molecule has 2 aromatic carbocycles. The number of nitrogens with zero attached hydrogens (tertiary/aromatic N) is 4. The van der Waals surface area contributed by atoms with E-state index in [0.717, 1.165) is 10.1 Å². The van der Waals surface area contributed by atoms with Gasteiger partial charge in [0.1, 0.15) is 23.7 Å². The Morgan fingerprint density at radius 1 is 1.02 bits per heavy atom. The van der Waals surface area contributed by atoms with E-state index in [1.807, 2.05) is 0 Å². The van der Waals surface area contributed by atoms with Crippen LogP contribution in [0.4, 0.5) is 29.5 Å². The number of urea groups is 1. The summed E-state index contributed by atoms with van der Waals surface area (Å²) in [6.07, 6.45) is -3.36. The molecule has 2 aromatic heterocycles. The van der Waals surface area contributed by atoms with Crippen LogP contribution in [0.5, 0.6) is 11.5 Å². The van der Waals surface area contributed by atoms with Crippen LogP contribution in [0.2, 0.25) is 0 Å². The van der Waals surface area contributed by atoms with E-state index in [1.165, 1.54) is 32.3 Å². The van der Waals surface area contributed by atoms with Gasteiger partial charge in [-0.2, -0.15) is 18.3 Å². The number of esters is 1. The first-order chi connectivity index (χ1) is 19.1. The Kier molecular flexibility index (Phi) is 8.62. The highest BCUT2D eigenvalue weighted by Gasteiger charge is 2.35. The van der Waals surface area contributed by atoms with Gasteiger partial charge < -0.3 is 19.5 Å². The lowest BCUT2D eigenvalue weighted by molar-refractivity contribution is -0.146. The maximum Gasteiger partial charge on any atom is 0.435 e. The Morgan fingerprint density at radius 3 is 2.48 bits per heavy atom. The van der Waals surface area contributed by atoms with E-state index in [-0.39, 0.29) is 12.4 Å². The van der Waals surface area contributed by atoms with Gasteiger partial charge in [-0.15, -0.1) is 0 Å². The fourth-order valence-electron chi connectivity index (χ4n) is 3.57. The van der Waals surface area contributed by atoms with Gasteiger partial charge >= 0.3 is 18.2 Å². The molecule has 40 heavy (non-hydrogen) atoms. The number of hydrogen-bond donors (Lipinski definition) is 2. The quantitative estimate of drug-likeness (QED) is 0.203. The number of hydrogen-bond acceptors (Lipinski definition) is 9. The largest absolute Gasteiger partial charge is 0.493 e. The Balaban J connectivity index is 1.52. The minimum atomic E-state index is -4.78. The summed E-state index contributed by atoms with van der Waals surface area (Å²) in [5.74, 6) is -0.108. The Hall–Kier alpha value is -4.53. The molecule has 0 spiro atoms. The third kappa shape index (κ3) is 6.72. The average Bonchev–Trinajstić information content (AvgIpc) is 3.30. The van der Waals surface area contributed by atoms with Crippen molar-refractivity contribution in [2.24, 2.45) is 0 Å². The Labute approximate surface area is 230 Å². The highest BCUT2D eigenvalue weighted by atomic mass is 32.2. The van der Waals surface area contributed by atoms with Crippen molar-refractivity contribution < 1.29 is 37.0 Å². The number of fused-ring (bicyclic) bond motifs is 1.